The first-order valence-corrected chi connectivity index (χ1v) is 8.73. The van der Waals surface area contributed by atoms with Crippen molar-refractivity contribution < 1.29 is 19.0 Å². The Kier molecular flexibility index (Phi) is 4.58. The maximum absolute atomic E-state index is 11.7. The van der Waals surface area contributed by atoms with E-state index in [0.29, 0.717) is 18.2 Å². The van der Waals surface area contributed by atoms with Gasteiger partial charge >= 0.3 is 6.09 Å². The molecule has 4 rings (SSSR count). The minimum atomic E-state index is -0.476. The second-order valence-electron chi connectivity index (χ2n) is 6.29. The standard InChI is InChI=1S/C20H20N2O4/c1-2-25-20(23)21-14-7-8-18-15(10-14)17(9-13-11-24-12-13)22-16-5-3-4-6-19(16)26-18/h3-8,10,13H,2,9,11-12H2,1H3,(H,21,23). The fourth-order valence-electron chi connectivity index (χ4n) is 3.00. The molecule has 1 N–H and O–H groups in total. The third-order valence-corrected chi connectivity index (χ3v) is 4.34. The first-order valence-electron chi connectivity index (χ1n) is 8.73. The number of amides is 1. The van der Waals surface area contributed by atoms with Crippen LogP contribution in [0.15, 0.2) is 47.5 Å². The van der Waals surface area contributed by atoms with Crippen molar-refractivity contribution in [1.29, 1.82) is 0 Å². The molecule has 0 atom stereocenters. The number of ether oxygens (including phenoxy) is 3. The van der Waals surface area contributed by atoms with E-state index in [1.807, 2.05) is 36.4 Å². The summed E-state index contributed by atoms with van der Waals surface area (Å²) in [6.45, 7) is 3.59. The first-order chi connectivity index (χ1) is 12.7. The zero-order valence-electron chi connectivity index (χ0n) is 14.5. The Balaban J connectivity index is 1.71. The molecular formula is C20H20N2O4. The summed E-state index contributed by atoms with van der Waals surface area (Å²) in [5.74, 6) is 1.90. The Morgan fingerprint density at radius 2 is 2.08 bits per heavy atom. The molecule has 0 bridgehead atoms. The largest absolute Gasteiger partial charge is 0.454 e. The van der Waals surface area contributed by atoms with Crippen LogP contribution in [0.1, 0.15) is 18.9 Å². The summed E-state index contributed by atoms with van der Waals surface area (Å²) in [6.07, 6.45) is 0.323. The van der Waals surface area contributed by atoms with Crippen LogP contribution in [0, 0.1) is 5.92 Å². The zero-order chi connectivity index (χ0) is 17.9. The maximum atomic E-state index is 11.7. The molecule has 0 unspecified atom stereocenters. The van der Waals surface area contributed by atoms with Crippen molar-refractivity contribution in [2.75, 3.05) is 25.1 Å². The number of para-hydroxylation sites is 2. The average Bonchev–Trinajstić information content (AvgIpc) is 2.74. The third kappa shape index (κ3) is 3.41. The van der Waals surface area contributed by atoms with E-state index in [1.54, 1.807) is 13.0 Å². The molecule has 0 radical (unpaired) electrons. The molecule has 134 valence electrons. The molecule has 6 nitrogen and oxygen atoms in total. The predicted molar refractivity (Wildman–Crippen MR) is 98.7 cm³/mol. The minimum absolute atomic E-state index is 0.323. The second kappa shape index (κ2) is 7.17. The number of nitrogens with zero attached hydrogens (tertiary/aromatic N) is 1. The summed E-state index contributed by atoms with van der Waals surface area (Å²) >= 11 is 0. The highest BCUT2D eigenvalue weighted by molar-refractivity contribution is 6.06. The van der Waals surface area contributed by atoms with Gasteiger partial charge in [-0.1, -0.05) is 12.1 Å². The van der Waals surface area contributed by atoms with Crippen LogP contribution in [0.3, 0.4) is 0 Å². The molecule has 0 aromatic heterocycles. The summed E-state index contributed by atoms with van der Waals surface area (Å²) < 4.78 is 16.3. The van der Waals surface area contributed by atoms with Crippen molar-refractivity contribution in [2.24, 2.45) is 10.9 Å². The lowest BCUT2D eigenvalue weighted by Gasteiger charge is -2.26. The number of hydrogen-bond donors (Lipinski definition) is 1. The molecule has 6 heteroatoms. The van der Waals surface area contributed by atoms with Gasteiger partial charge in [0.15, 0.2) is 5.75 Å². The fourth-order valence-corrected chi connectivity index (χ4v) is 3.00. The Morgan fingerprint density at radius 3 is 2.85 bits per heavy atom. The summed E-state index contributed by atoms with van der Waals surface area (Å²) in [5, 5.41) is 2.74. The van der Waals surface area contributed by atoms with Gasteiger partial charge in [-0.3, -0.25) is 5.32 Å². The van der Waals surface area contributed by atoms with Crippen LogP contribution < -0.4 is 10.1 Å². The monoisotopic (exact) mass is 352 g/mol. The van der Waals surface area contributed by atoms with E-state index in [4.69, 9.17) is 19.2 Å². The number of nitrogens with one attached hydrogen (secondary N) is 1. The van der Waals surface area contributed by atoms with Crippen molar-refractivity contribution in [2.45, 2.75) is 13.3 Å². The predicted octanol–water partition coefficient (Wildman–Crippen LogP) is 4.52. The first kappa shape index (κ1) is 16.6. The Bertz CT molecular complexity index is 859. The molecule has 26 heavy (non-hydrogen) atoms. The summed E-state index contributed by atoms with van der Waals surface area (Å²) in [5.41, 5.74) is 3.27. The van der Waals surface area contributed by atoms with Crippen molar-refractivity contribution in [3.05, 3.63) is 48.0 Å². The molecule has 2 heterocycles. The molecule has 2 aliphatic rings. The molecule has 0 spiro atoms. The highest BCUT2D eigenvalue weighted by atomic mass is 16.5. The van der Waals surface area contributed by atoms with E-state index < -0.39 is 6.09 Å². The number of aliphatic imine (C=N–C) groups is 1. The number of anilines is 1. The van der Waals surface area contributed by atoms with Gasteiger partial charge in [-0.25, -0.2) is 9.79 Å². The summed E-state index contributed by atoms with van der Waals surface area (Å²) in [6, 6.07) is 13.3. The molecule has 2 aliphatic heterocycles. The fraction of sp³-hybridized carbons (Fsp3) is 0.300. The van der Waals surface area contributed by atoms with Gasteiger partial charge < -0.3 is 14.2 Å². The molecular weight excluding hydrogens is 332 g/mol. The molecule has 0 saturated carbocycles. The van der Waals surface area contributed by atoms with Gasteiger partial charge in [-0.2, -0.15) is 0 Å². The topological polar surface area (TPSA) is 69.2 Å². The van der Waals surface area contributed by atoms with E-state index in [2.05, 4.69) is 5.32 Å². The van der Waals surface area contributed by atoms with Crippen molar-refractivity contribution >= 4 is 23.2 Å². The van der Waals surface area contributed by atoms with Gasteiger partial charge in [0.1, 0.15) is 11.4 Å². The van der Waals surface area contributed by atoms with Crippen LogP contribution in [0.4, 0.5) is 16.2 Å². The third-order valence-electron chi connectivity index (χ3n) is 4.34. The van der Waals surface area contributed by atoms with Crippen molar-refractivity contribution in [3.63, 3.8) is 0 Å². The average molecular weight is 352 g/mol. The van der Waals surface area contributed by atoms with Crippen LogP contribution in [0.25, 0.3) is 0 Å². The Hall–Kier alpha value is -2.86. The number of carbonyl (C=O) groups is 1. The molecule has 1 fully saturated rings. The lowest BCUT2D eigenvalue weighted by atomic mass is 9.95. The highest BCUT2D eigenvalue weighted by Crippen LogP contribution is 2.39. The Labute approximate surface area is 151 Å². The van der Waals surface area contributed by atoms with Crippen molar-refractivity contribution in [3.8, 4) is 11.5 Å². The van der Waals surface area contributed by atoms with Gasteiger partial charge in [-0.05, 0) is 43.7 Å². The van der Waals surface area contributed by atoms with Crippen LogP contribution in [0.5, 0.6) is 11.5 Å². The number of hydrogen-bond acceptors (Lipinski definition) is 5. The van der Waals surface area contributed by atoms with Crippen LogP contribution in [-0.2, 0) is 9.47 Å². The van der Waals surface area contributed by atoms with Crippen molar-refractivity contribution in [1.82, 2.24) is 0 Å². The molecule has 1 saturated heterocycles. The lowest BCUT2D eigenvalue weighted by Crippen LogP contribution is -2.29. The number of benzene rings is 2. The highest BCUT2D eigenvalue weighted by Gasteiger charge is 2.25. The minimum Gasteiger partial charge on any atom is -0.454 e. The van der Waals surface area contributed by atoms with Gasteiger partial charge in [0, 0.05) is 17.2 Å². The molecule has 2 aromatic carbocycles. The van der Waals surface area contributed by atoms with E-state index in [9.17, 15) is 4.79 Å². The normalized spacial score (nSPS) is 15.5. The number of carbonyl (C=O) groups excluding carboxylic acids is 1. The molecule has 2 aromatic rings. The molecule has 1 amide bonds. The maximum Gasteiger partial charge on any atom is 0.411 e. The Morgan fingerprint density at radius 1 is 1.23 bits per heavy atom. The van der Waals surface area contributed by atoms with Crippen LogP contribution >= 0.6 is 0 Å². The lowest BCUT2D eigenvalue weighted by molar-refractivity contribution is -0.0278. The zero-order valence-corrected chi connectivity index (χ0v) is 14.5. The van der Waals surface area contributed by atoms with Gasteiger partial charge in [0.2, 0.25) is 0 Å². The number of rotatable bonds is 4. The van der Waals surface area contributed by atoms with E-state index in [1.165, 1.54) is 0 Å². The van der Waals surface area contributed by atoms with E-state index in [-0.39, 0.29) is 0 Å². The SMILES string of the molecule is CCOC(=O)Nc1ccc2c(c1)C(CC1COC1)=Nc1ccccc1O2. The van der Waals surface area contributed by atoms with Crippen LogP contribution in [-0.4, -0.2) is 31.6 Å². The van der Waals surface area contributed by atoms with Gasteiger partial charge in [0.05, 0.1) is 25.5 Å². The van der Waals surface area contributed by atoms with Crippen LogP contribution in [0.2, 0.25) is 0 Å². The smallest absolute Gasteiger partial charge is 0.411 e. The van der Waals surface area contributed by atoms with Gasteiger partial charge in [0.25, 0.3) is 0 Å². The van der Waals surface area contributed by atoms with E-state index >= 15 is 0 Å². The van der Waals surface area contributed by atoms with E-state index in [0.717, 1.165) is 48.1 Å². The number of fused-ring (bicyclic) bond motifs is 2. The summed E-state index contributed by atoms with van der Waals surface area (Å²) in [7, 11) is 0. The molecule has 0 aliphatic carbocycles. The van der Waals surface area contributed by atoms with Gasteiger partial charge in [-0.15, -0.1) is 0 Å². The quantitative estimate of drug-likeness (QED) is 0.878. The second-order valence-corrected chi connectivity index (χ2v) is 6.29. The summed E-state index contributed by atoms with van der Waals surface area (Å²) in [4.78, 5) is 16.6.